The highest BCUT2D eigenvalue weighted by Crippen LogP contribution is 2.38. The molecule has 0 bridgehead atoms. The van der Waals surface area contributed by atoms with E-state index in [2.05, 4.69) is 38.8 Å². The van der Waals surface area contributed by atoms with E-state index in [0.717, 1.165) is 29.2 Å². The van der Waals surface area contributed by atoms with Crippen LogP contribution in [0, 0.1) is 12.8 Å². The van der Waals surface area contributed by atoms with Crippen molar-refractivity contribution in [2.24, 2.45) is 5.92 Å². The van der Waals surface area contributed by atoms with Crippen molar-refractivity contribution >= 4 is 32.7 Å². The second-order valence-corrected chi connectivity index (χ2v) is 7.51. The predicted molar refractivity (Wildman–Crippen MR) is 105 cm³/mol. The molecule has 2 N–H and O–H groups in total. The average molecular weight is 321 g/mol. The number of aryl methyl sites for hydroxylation is 1. The van der Waals surface area contributed by atoms with Gasteiger partial charge in [0.2, 0.25) is 0 Å². The molecule has 3 rings (SSSR count). The number of rotatable bonds is 6. The van der Waals surface area contributed by atoms with Gasteiger partial charge < -0.3 is 5.73 Å². The monoisotopic (exact) mass is 321 g/mol. The van der Waals surface area contributed by atoms with Crippen molar-refractivity contribution in [1.29, 1.82) is 0 Å². The fourth-order valence-electron chi connectivity index (χ4n) is 2.75. The first kappa shape index (κ1) is 15.8. The molecule has 0 atom stereocenters. The molecule has 0 spiro atoms. The fraction of sp³-hybridized carbons (Fsp3) is 0.238. The zero-order valence-electron chi connectivity index (χ0n) is 13.7. The molecule has 1 heterocycles. The summed E-state index contributed by atoms with van der Waals surface area (Å²) in [6.45, 7) is 14.7. The van der Waals surface area contributed by atoms with E-state index in [0.29, 0.717) is 0 Å². The second kappa shape index (κ2) is 6.21. The highest BCUT2D eigenvalue weighted by atomic mass is 32.1. The minimum absolute atomic E-state index is 0.797. The lowest BCUT2D eigenvalue weighted by Crippen LogP contribution is -1.86. The number of hydrogen-bond donors (Lipinski definition) is 1. The standard InChI is InChI=1S/C21H23NS/c1-13(11-17-7-8-17)5-6-14(2)15(3)21-16(4)19-12-18(22)9-10-20(19)23-21/h5-6,9-10,12,17H,1-3,7-8,11,22H2,4H3. The Morgan fingerprint density at radius 2 is 2.00 bits per heavy atom. The Balaban J connectivity index is 1.79. The predicted octanol–water partition coefficient (Wildman–Crippen LogP) is 6.27. The minimum atomic E-state index is 0.797. The van der Waals surface area contributed by atoms with E-state index in [9.17, 15) is 0 Å². The van der Waals surface area contributed by atoms with Gasteiger partial charge in [-0.15, -0.1) is 11.3 Å². The Morgan fingerprint density at radius 1 is 1.26 bits per heavy atom. The Bertz CT molecular complexity index is 831. The van der Waals surface area contributed by atoms with Crippen molar-refractivity contribution in [3.63, 3.8) is 0 Å². The van der Waals surface area contributed by atoms with Crippen molar-refractivity contribution in [2.75, 3.05) is 5.73 Å². The quantitative estimate of drug-likeness (QED) is 0.492. The number of thiophene rings is 1. The van der Waals surface area contributed by atoms with E-state index < -0.39 is 0 Å². The van der Waals surface area contributed by atoms with Crippen LogP contribution in [0.5, 0.6) is 0 Å². The van der Waals surface area contributed by atoms with Crippen LogP contribution in [0.15, 0.2) is 61.2 Å². The number of allylic oxidation sites excluding steroid dienone is 5. The van der Waals surface area contributed by atoms with E-state index in [-0.39, 0.29) is 0 Å². The summed E-state index contributed by atoms with van der Waals surface area (Å²) in [5, 5.41) is 1.21. The molecule has 1 fully saturated rings. The summed E-state index contributed by atoms with van der Waals surface area (Å²) in [6, 6.07) is 6.06. The van der Waals surface area contributed by atoms with E-state index in [1.807, 2.05) is 18.2 Å². The normalized spacial score (nSPS) is 14.5. The maximum Gasteiger partial charge on any atom is 0.0384 e. The molecule has 0 aliphatic heterocycles. The van der Waals surface area contributed by atoms with Crippen LogP contribution in [0.2, 0.25) is 0 Å². The highest BCUT2D eigenvalue weighted by molar-refractivity contribution is 7.20. The molecule has 2 heteroatoms. The lowest BCUT2D eigenvalue weighted by atomic mass is 10.0. The number of fused-ring (bicyclic) bond motifs is 1. The molecule has 1 saturated carbocycles. The molecular formula is C21H23NS. The molecule has 118 valence electrons. The van der Waals surface area contributed by atoms with Crippen LogP contribution < -0.4 is 5.73 Å². The number of benzene rings is 1. The Hall–Kier alpha value is -2.06. The first-order chi connectivity index (χ1) is 11.0. The van der Waals surface area contributed by atoms with Crippen LogP contribution in [0.25, 0.3) is 15.7 Å². The Labute approximate surface area is 142 Å². The van der Waals surface area contributed by atoms with Gasteiger partial charge in [-0.2, -0.15) is 0 Å². The van der Waals surface area contributed by atoms with E-state index in [1.165, 1.54) is 38.9 Å². The van der Waals surface area contributed by atoms with Gasteiger partial charge in [0.15, 0.2) is 0 Å². The van der Waals surface area contributed by atoms with Gasteiger partial charge in [-0.05, 0) is 72.4 Å². The number of hydrogen-bond acceptors (Lipinski definition) is 2. The van der Waals surface area contributed by atoms with E-state index >= 15 is 0 Å². The van der Waals surface area contributed by atoms with Gasteiger partial charge in [0.25, 0.3) is 0 Å². The summed E-state index contributed by atoms with van der Waals surface area (Å²) in [6.07, 6.45) is 7.95. The molecule has 1 aliphatic rings. The third-order valence-electron chi connectivity index (χ3n) is 4.39. The molecule has 0 saturated heterocycles. The number of nitrogen functional groups attached to an aromatic ring is 1. The van der Waals surface area contributed by atoms with Crippen molar-refractivity contribution in [1.82, 2.24) is 0 Å². The van der Waals surface area contributed by atoms with Crippen LogP contribution in [0.4, 0.5) is 5.69 Å². The van der Waals surface area contributed by atoms with Crippen LogP contribution in [-0.2, 0) is 0 Å². The van der Waals surface area contributed by atoms with Crippen molar-refractivity contribution < 1.29 is 0 Å². The molecular weight excluding hydrogens is 298 g/mol. The Kier molecular flexibility index (Phi) is 4.27. The number of nitrogens with two attached hydrogens (primary N) is 1. The summed E-state index contributed by atoms with van der Waals surface area (Å²) in [5.74, 6) is 0.860. The second-order valence-electron chi connectivity index (χ2n) is 6.45. The van der Waals surface area contributed by atoms with Crippen LogP contribution >= 0.6 is 11.3 Å². The van der Waals surface area contributed by atoms with Gasteiger partial charge >= 0.3 is 0 Å². The zero-order chi connectivity index (χ0) is 16.6. The summed E-state index contributed by atoms with van der Waals surface area (Å²) in [7, 11) is 0. The smallest absolute Gasteiger partial charge is 0.0384 e. The molecule has 0 radical (unpaired) electrons. The van der Waals surface area contributed by atoms with Gasteiger partial charge in [-0.3, -0.25) is 0 Å². The molecule has 0 amide bonds. The van der Waals surface area contributed by atoms with Crippen molar-refractivity contribution in [3.8, 4) is 0 Å². The van der Waals surface area contributed by atoms with Crippen molar-refractivity contribution in [3.05, 3.63) is 71.7 Å². The fourth-order valence-corrected chi connectivity index (χ4v) is 3.95. The highest BCUT2D eigenvalue weighted by Gasteiger charge is 2.21. The minimum Gasteiger partial charge on any atom is -0.399 e. The maximum absolute atomic E-state index is 5.91. The third kappa shape index (κ3) is 3.48. The van der Waals surface area contributed by atoms with Crippen LogP contribution in [0.3, 0.4) is 0 Å². The molecule has 1 aromatic heterocycles. The molecule has 2 aromatic rings. The lowest BCUT2D eigenvalue weighted by molar-refractivity contribution is 0.839. The number of anilines is 1. The summed E-state index contributed by atoms with van der Waals surface area (Å²) in [5.41, 5.74) is 11.0. The third-order valence-corrected chi connectivity index (χ3v) is 5.72. The first-order valence-corrected chi connectivity index (χ1v) is 8.80. The molecule has 1 aromatic carbocycles. The molecule has 1 nitrogen and oxygen atoms in total. The van der Waals surface area contributed by atoms with E-state index in [1.54, 1.807) is 11.3 Å². The van der Waals surface area contributed by atoms with Crippen molar-refractivity contribution in [2.45, 2.75) is 26.2 Å². The van der Waals surface area contributed by atoms with E-state index in [4.69, 9.17) is 5.73 Å². The molecule has 1 aliphatic carbocycles. The van der Waals surface area contributed by atoms with Gasteiger partial charge in [-0.25, -0.2) is 0 Å². The van der Waals surface area contributed by atoms with Gasteiger partial charge in [0.05, 0.1) is 0 Å². The summed E-state index contributed by atoms with van der Waals surface area (Å²) >= 11 is 1.75. The van der Waals surface area contributed by atoms with Gasteiger partial charge in [-0.1, -0.05) is 37.5 Å². The molecule has 0 unspecified atom stereocenters. The topological polar surface area (TPSA) is 26.0 Å². The van der Waals surface area contributed by atoms with Crippen LogP contribution in [-0.4, -0.2) is 0 Å². The molecule has 23 heavy (non-hydrogen) atoms. The largest absolute Gasteiger partial charge is 0.399 e. The van der Waals surface area contributed by atoms with Gasteiger partial charge in [0.1, 0.15) is 0 Å². The average Bonchev–Trinajstić information content (AvgIpc) is 3.28. The maximum atomic E-state index is 5.91. The summed E-state index contributed by atoms with van der Waals surface area (Å²) < 4.78 is 1.24. The van der Waals surface area contributed by atoms with Gasteiger partial charge in [0, 0.05) is 15.3 Å². The summed E-state index contributed by atoms with van der Waals surface area (Å²) in [4.78, 5) is 1.19. The van der Waals surface area contributed by atoms with Crippen LogP contribution in [0.1, 0.15) is 29.7 Å². The SMILES string of the molecule is C=C(C=CC(=C)C(=C)c1sc2ccc(N)cc2c1C)CC1CC1. The Morgan fingerprint density at radius 3 is 2.70 bits per heavy atom. The zero-order valence-corrected chi connectivity index (χ0v) is 14.5. The first-order valence-electron chi connectivity index (χ1n) is 7.98. The lowest BCUT2D eigenvalue weighted by Gasteiger charge is -2.05.